The Morgan fingerprint density at radius 3 is 2.72 bits per heavy atom. The molecule has 2 aliphatic rings. The van der Waals surface area contributed by atoms with Crippen LogP contribution in [0.3, 0.4) is 0 Å². The average molecular weight is 254 g/mol. The minimum Gasteiger partial charge on any atom is -0.381 e. The molecule has 0 bridgehead atoms. The summed E-state index contributed by atoms with van der Waals surface area (Å²) in [6, 6.07) is 1.99. The largest absolute Gasteiger partial charge is 0.381 e. The highest BCUT2D eigenvalue weighted by Gasteiger charge is 2.33. The van der Waals surface area contributed by atoms with E-state index in [2.05, 4.69) is 37.9 Å². The molecule has 106 valence electrons. The fourth-order valence-corrected chi connectivity index (χ4v) is 3.45. The lowest BCUT2D eigenvalue weighted by atomic mass is 9.94. The quantitative estimate of drug-likeness (QED) is 0.832. The zero-order valence-corrected chi connectivity index (χ0v) is 12.5. The Hall–Kier alpha value is -0.120. The van der Waals surface area contributed by atoms with Gasteiger partial charge in [0.25, 0.3) is 0 Å². The van der Waals surface area contributed by atoms with Crippen LogP contribution < -0.4 is 5.32 Å². The van der Waals surface area contributed by atoms with E-state index in [9.17, 15) is 0 Å². The first-order chi connectivity index (χ1) is 8.58. The molecule has 2 saturated heterocycles. The van der Waals surface area contributed by atoms with E-state index in [1.807, 2.05) is 0 Å². The third-order valence-corrected chi connectivity index (χ3v) is 4.63. The molecule has 1 N–H and O–H groups in total. The van der Waals surface area contributed by atoms with Gasteiger partial charge in [-0.3, -0.25) is 4.90 Å². The predicted octanol–water partition coefficient (Wildman–Crippen LogP) is 2.12. The average Bonchev–Trinajstić information content (AvgIpc) is 2.83. The Morgan fingerprint density at radius 2 is 2.11 bits per heavy atom. The second-order valence-electron chi connectivity index (χ2n) is 6.64. The first-order valence-corrected chi connectivity index (χ1v) is 7.64. The lowest BCUT2D eigenvalue weighted by Crippen LogP contribution is -2.59. The van der Waals surface area contributed by atoms with Crippen LogP contribution in [0.5, 0.6) is 0 Å². The minimum absolute atomic E-state index is 0.656. The molecular formula is C15H30N2O. The number of nitrogens with zero attached hydrogens (tertiary/aromatic N) is 1. The van der Waals surface area contributed by atoms with Crippen LogP contribution in [0.1, 0.15) is 40.5 Å². The van der Waals surface area contributed by atoms with Gasteiger partial charge in [0.1, 0.15) is 0 Å². The third-order valence-electron chi connectivity index (χ3n) is 4.63. The Kier molecular flexibility index (Phi) is 5.05. The fourth-order valence-electron chi connectivity index (χ4n) is 3.45. The zero-order valence-electron chi connectivity index (χ0n) is 12.5. The number of ether oxygens (including phenoxy) is 1. The molecule has 0 aliphatic carbocycles. The molecule has 0 amide bonds. The molecule has 0 aromatic rings. The highest BCUT2D eigenvalue weighted by atomic mass is 16.5. The molecule has 2 aliphatic heterocycles. The first kappa shape index (κ1) is 14.3. The normalized spacial score (nSPS) is 36.2. The molecule has 2 rings (SSSR count). The lowest BCUT2D eigenvalue weighted by Gasteiger charge is -2.44. The molecule has 0 aromatic carbocycles. The Bertz CT molecular complexity index is 251. The molecule has 4 unspecified atom stereocenters. The topological polar surface area (TPSA) is 24.5 Å². The summed E-state index contributed by atoms with van der Waals surface area (Å²) >= 11 is 0. The van der Waals surface area contributed by atoms with Gasteiger partial charge in [-0.1, -0.05) is 13.8 Å². The van der Waals surface area contributed by atoms with Crippen LogP contribution in [0.4, 0.5) is 0 Å². The third kappa shape index (κ3) is 3.46. The number of rotatable bonds is 4. The molecule has 0 radical (unpaired) electrons. The van der Waals surface area contributed by atoms with E-state index in [-0.39, 0.29) is 0 Å². The molecule has 2 fully saturated rings. The Labute approximate surface area is 112 Å². The molecule has 4 atom stereocenters. The van der Waals surface area contributed by atoms with Gasteiger partial charge < -0.3 is 10.1 Å². The summed E-state index contributed by atoms with van der Waals surface area (Å²) in [7, 11) is 0. The van der Waals surface area contributed by atoms with Crippen LogP contribution in [0.2, 0.25) is 0 Å². The van der Waals surface area contributed by atoms with Crippen molar-refractivity contribution in [1.29, 1.82) is 0 Å². The number of hydrogen-bond acceptors (Lipinski definition) is 3. The monoisotopic (exact) mass is 254 g/mol. The predicted molar refractivity (Wildman–Crippen MR) is 75.8 cm³/mol. The Balaban J connectivity index is 1.91. The lowest BCUT2D eigenvalue weighted by molar-refractivity contribution is 0.0578. The highest BCUT2D eigenvalue weighted by molar-refractivity contribution is 4.90. The maximum absolute atomic E-state index is 5.55. The smallest absolute Gasteiger partial charge is 0.0509 e. The highest BCUT2D eigenvalue weighted by Crippen LogP contribution is 2.24. The van der Waals surface area contributed by atoms with Crippen molar-refractivity contribution in [3.05, 3.63) is 0 Å². The maximum atomic E-state index is 5.55. The minimum atomic E-state index is 0.656. The molecule has 0 spiro atoms. The van der Waals surface area contributed by atoms with Crippen LogP contribution in [-0.2, 0) is 4.74 Å². The van der Waals surface area contributed by atoms with Crippen LogP contribution in [0, 0.1) is 11.8 Å². The van der Waals surface area contributed by atoms with Gasteiger partial charge in [-0.05, 0) is 38.5 Å². The number of hydrogen-bond donors (Lipinski definition) is 1. The number of piperazine rings is 1. The van der Waals surface area contributed by atoms with Crippen molar-refractivity contribution in [2.45, 2.75) is 58.7 Å². The van der Waals surface area contributed by atoms with Gasteiger partial charge in [0.15, 0.2) is 0 Å². The first-order valence-electron chi connectivity index (χ1n) is 7.64. The summed E-state index contributed by atoms with van der Waals surface area (Å²) in [6.07, 6.45) is 2.53. The maximum Gasteiger partial charge on any atom is 0.0509 e. The van der Waals surface area contributed by atoms with Crippen LogP contribution in [0.25, 0.3) is 0 Å². The van der Waals surface area contributed by atoms with Crippen LogP contribution >= 0.6 is 0 Å². The van der Waals surface area contributed by atoms with E-state index in [4.69, 9.17) is 4.74 Å². The molecule has 0 saturated carbocycles. The van der Waals surface area contributed by atoms with Gasteiger partial charge in [-0.25, -0.2) is 0 Å². The van der Waals surface area contributed by atoms with Gasteiger partial charge in [0.2, 0.25) is 0 Å². The molecule has 3 nitrogen and oxygen atoms in total. The van der Waals surface area contributed by atoms with Gasteiger partial charge in [0, 0.05) is 37.8 Å². The summed E-state index contributed by atoms with van der Waals surface area (Å²) < 4.78 is 5.55. The Morgan fingerprint density at radius 1 is 1.33 bits per heavy atom. The molecule has 18 heavy (non-hydrogen) atoms. The summed E-state index contributed by atoms with van der Waals surface area (Å²) in [4.78, 5) is 2.71. The summed E-state index contributed by atoms with van der Waals surface area (Å²) in [5.74, 6) is 1.52. The fraction of sp³-hybridized carbons (Fsp3) is 1.00. The van der Waals surface area contributed by atoms with Crippen molar-refractivity contribution in [2.24, 2.45) is 11.8 Å². The van der Waals surface area contributed by atoms with Crippen molar-refractivity contribution >= 4 is 0 Å². The van der Waals surface area contributed by atoms with Crippen molar-refractivity contribution < 1.29 is 4.74 Å². The van der Waals surface area contributed by atoms with Gasteiger partial charge >= 0.3 is 0 Å². The van der Waals surface area contributed by atoms with E-state index in [1.54, 1.807) is 0 Å². The molecule has 2 heterocycles. The second kappa shape index (κ2) is 6.36. The van der Waals surface area contributed by atoms with Gasteiger partial charge in [0.05, 0.1) is 6.61 Å². The van der Waals surface area contributed by atoms with Gasteiger partial charge in [-0.2, -0.15) is 0 Å². The zero-order chi connectivity index (χ0) is 13.1. The van der Waals surface area contributed by atoms with Crippen molar-refractivity contribution in [1.82, 2.24) is 10.2 Å². The van der Waals surface area contributed by atoms with E-state index in [0.717, 1.165) is 31.6 Å². The molecule has 3 heteroatoms. The number of nitrogens with one attached hydrogen (secondary N) is 1. The van der Waals surface area contributed by atoms with E-state index < -0.39 is 0 Å². The van der Waals surface area contributed by atoms with Crippen LogP contribution in [-0.4, -0.2) is 49.3 Å². The summed E-state index contributed by atoms with van der Waals surface area (Å²) in [5, 5.41) is 3.70. The van der Waals surface area contributed by atoms with E-state index in [1.165, 1.54) is 19.4 Å². The summed E-state index contributed by atoms with van der Waals surface area (Å²) in [6.45, 7) is 13.7. The van der Waals surface area contributed by atoms with E-state index in [0.29, 0.717) is 18.1 Å². The van der Waals surface area contributed by atoms with Gasteiger partial charge in [-0.15, -0.1) is 0 Å². The van der Waals surface area contributed by atoms with E-state index >= 15 is 0 Å². The molecule has 0 aromatic heterocycles. The second-order valence-corrected chi connectivity index (χ2v) is 6.64. The van der Waals surface area contributed by atoms with Crippen LogP contribution in [0.15, 0.2) is 0 Å². The van der Waals surface area contributed by atoms with Crippen molar-refractivity contribution in [3.63, 3.8) is 0 Å². The molecular weight excluding hydrogens is 224 g/mol. The van der Waals surface area contributed by atoms with Crippen molar-refractivity contribution in [3.8, 4) is 0 Å². The standard InChI is InChI=1S/C15H30N2O/c1-11(2)7-15-9-17(12(3)8-16-15)13(4)14-5-6-18-10-14/h11-16H,5-10H2,1-4H3. The summed E-state index contributed by atoms with van der Waals surface area (Å²) in [5.41, 5.74) is 0. The SMILES string of the molecule is CC(C)CC1CN(C(C)C2CCOC2)C(C)CN1. The van der Waals surface area contributed by atoms with Crippen molar-refractivity contribution in [2.75, 3.05) is 26.3 Å².